The molecule has 0 atom stereocenters. The summed E-state index contributed by atoms with van der Waals surface area (Å²) in [6.45, 7) is 1.83. The number of carbonyl (C=O) groups is 2. The number of benzene rings is 1. The Kier molecular flexibility index (Phi) is 4.88. The van der Waals surface area contributed by atoms with Crippen molar-refractivity contribution in [2.45, 2.75) is 6.92 Å². The fraction of sp³-hybridized carbons (Fsp3) is 0.231. The van der Waals surface area contributed by atoms with Gasteiger partial charge in [0.15, 0.2) is 5.82 Å². The van der Waals surface area contributed by atoms with Crippen molar-refractivity contribution < 1.29 is 23.5 Å². The fourth-order valence-corrected chi connectivity index (χ4v) is 1.18. The summed E-state index contributed by atoms with van der Waals surface area (Å²) in [6.07, 6.45) is 0. The Morgan fingerprint density at radius 2 is 2.11 bits per heavy atom. The van der Waals surface area contributed by atoms with Crippen molar-refractivity contribution >= 4 is 11.9 Å². The van der Waals surface area contributed by atoms with Gasteiger partial charge in [0, 0.05) is 5.92 Å². The van der Waals surface area contributed by atoms with Crippen molar-refractivity contribution in [3.63, 3.8) is 0 Å². The zero-order chi connectivity index (χ0) is 13.5. The molecule has 0 amide bonds. The van der Waals surface area contributed by atoms with E-state index in [1.807, 2.05) is 0 Å². The van der Waals surface area contributed by atoms with Crippen LogP contribution in [-0.2, 0) is 14.3 Å². The van der Waals surface area contributed by atoms with Gasteiger partial charge in [0.2, 0.25) is 0 Å². The first-order valence-corrected chi connectivity index (χ1v) is 5.15. The van der Waals surface area contributed by atoms with Gasteiger partial charge in [-0.2, -0.15) is 0 Å². The molecule has 0 radical (unpaired) electrons. The average Bonchev–Trinajstić information content (AvgIpc) is 2.37. The van der Waals surface area contributed by atoms with Gasteiger partial charge in [-0.25, -0.2) is 14.0 Å². The third kappa shape index (κ3) is 3.32. The molecule has 4 nitrogen and oxygen atoms in total. The maximum absolute atomic E-state index is 13.8. The Morgan fingerprint density at radius 1 is 1.39 bits per heavy atom. The highest BCUT2D eigenvalue weighted by Crippen LogP contribution is 2.12. The number of esters is 2. The van der Waals surface area contributed by atoms with Crippen LogP contribution in [0.3, 0.4) is 0 Å². The van der Waals surface area contributed by atoms with Gasteiger partial charge < -0.3 is 9.47 Å². The maximum Gasteiger partial charge on any atom is 0.384 e. The molecule has 0 aliphatic heterocycles. The van der Waals surface area contributed by atoms with Gasteiger partial charge in [0.1, 0.15) is 0 Å². The summed E-state index contributed by atoms with van der Waals surface area (Å²) in [5.41, 5.74) is -0.292. The van der Waals surface area contributed by atoms with E-state index < -0.39 is 17.8 Å². The van der Waals surface area contributed by atoms with Crippen LogP contribution in [0.15, 0.2) is 18.2 Å². The van der Waals surface area contributed by atoms with Crippen LogP contribution < -0.4 is 0 Å². The van der Waals surface area contributed by atoms with Crippen LogP contribution in [0.1, 0.15) is 22.8 Å². The van der Waals surface area contributed by atoms with Gasteiger partial charge in [-0.05, 0) is 19.1 Å². The first-order valence-electron chi connectivity index (χ1n) is 5.15. The molecule has 5 heteroatoms. The summed E-state index contributed by atoms with van der Waals surface area (Å²) < 4.78 is 22.8. The molecule has 0 bridgehead atoms. The summed E-state index contributed by atoms with van der Waals surface area (Å²) in [5.74, 6) is 2.06. The molecule has 0 N–H and O–H groups in total. The largest absolute Gasteiger partial charge is 0.465 e. The van der Waals surface area contributed by atoms with E-state index in [2.05, 4.69) is 21.3 Å². The lowest BCUT2D eigenvalue weighted by atomic mass is 10.1. The number of methoxy groups -OCH3 is 1. The van der Waals surface area contributed by atoms with Crippen molar-refractivity contribution in [2.24, 2.45) is 0 Å². The van der Waals surface area contributed by atoms with Crippen LogP contribution in [-0.4, -0.2) is 25.7 Å². The molecule has 1 rings (SSSR count). The lowest BCUT2D eigenvalue weighted by Gasteiger charge is -2.01. The Labute approximate surface area is 104 Å². The second-order valence-corrected chi connectivity index (χ2v) is 3.13. The van der Waals surface area contributed by atoms with Crippen molar-refractivity contribution in [2.75, 3.05) is 13.7 Å². The first-order chi connectivity index (χ1) is 8.60. The smallest absolute Gasteiger partial charge is 0.384 e. The topological polar surface area (TPSA) is 52.6 Å². The van der Waals surface area contributed by atoms with Gasteiger partial charge in [-0.15, -0.1) is 0 Å². The van der Waals surface area contributed by atoms with Gasteiger partial charge in [-0.3, -0.25) is 0 Å². The molecule has 1 aromatic rings. The lowest BCUT2D eigenvalue weighted by Crippen LogP contribution is -2.06. The minimum Gasteiger partial charge on any atom is -0.465 e. The zero-order valence-electron chi connectivity index (χ0n) is 9.95. The van der Waals surface area contributed by atoms with E-state index in [0.717, 1.165) is 7.11 Å². The van der Waals surface area contributed by atoms with E-state index in [4.69, 9.17) is 0 Å². The standard InChI is InChI=1S/C13H11FO4/c1-3-18-11(15)8-7-9-5-4-6-10(12(9)14)13(16)17-2/h4-6H,3H2,1-2H3. The molecule has 0 aliphatic carbocycles. The number of ether oxygens (including phenoxy) is 2. The third-order valence-corrected chi connectivity index (χ3v) is 1.98. The highest BCUT2D eigenvalue weighted by atomic mass is 19.1. The van der Waals surface area contributed by atoms with Crippen LogP contribution >= 0.6 is 0 Å². The van der Waals surface area contributed by atoms with Crippen molar-refractivity contribution in [3.8, 4) is 11.8 Å². The van der Waals surface area contributed by atoms with Gasteiger partial charge >= 0.3 is 11.9 Å². The van der Waals surface area contributed by atoms with Gasteiger partial charge in [-0.1, -0.05) is 12.0 Å². The summed E-state index contributed by atoms with van der Waals surface area (Å²) in [4.78, 5) is 22.2. The van der Waals surface area contributed by atoms with Crippen molar-refractivity contribution in [3.05, 3.63) is 35.1 Å². The highest BCUT2D eigenvalue weighted by molar-refractivity contribution is 5.91. The zero-order valence-corrected chi connectivity index (χ0v) is 9.95. The second kappa shape index (κ2) is 6.40. The molecule has 0 aromatic heterocycles. The molecule has 0 heterocycles. The third-order valence-electron chi connectivity index (χ3n) is 1.98. The predicted octanol–water partition coefficient (Wildman–Crippen LogP) is 1.53. The maximum atomic E-state index is 13.8. The van der Waals surface area contributed by atoms with Crippen molar-refractivity contribution in [1.29, 1.82) is 0 Å². The monoisotopic (exact) mass is 250 g/mol. The molecule has 0 saturated heterocycles. The fourth-order valence-electron chi connectivity index (χ4n) is 1.18. The van der Waals surface area contributed by atoms with Gasteiger partial charge in [0.05, 0.1) is 24.8 Å². The van der Waals surface area contributed by atoms with E-state index in [0.29, 0.717) is 0 Å². The van der Waals surface area contributed by atoms with E-state index in [1.165, 1.54) is 18.2 Å². The van der Waals surface area contributed by atoms with Crippen LogP contribution in [0.2, 0.25) is 0 Å². The molecule has 0 aliphatic rings. The molecule has 0 spiro atoms. The SMILES string of the molecule is CCOC(=O)C#Cc1cccc(C(=O)OC)c1F. The molecule has 94 valence electrons. The number of carbonyl (C=O) groups excluding carboxylic acids is 2. The average molecular weight is 250 g/mol. The first kappa shape index (κ1) is 13.7. The summed E-state index contributed by atoms with van der Waals surface area (Å²) in [7, 11) is 1.15. The number of rotatable bonds is 2. The summed E-state index contributed by atoms with van der Waals surface area (Å²) >= 11 is 0. The van der Waals surface area contributed by atoms with E-state index in [9.17, 15) is 14.0 Å². The minimum absolute atomic E-state index is 0.0639. The van der Waals surface area contributed by atoms with Crippen molar-refractivity contribution in [1.82, 2.24) is 0 Å². The Bertz CT molecular complexity index is 526. The Hall–Kier alpha value is -2.35. The molecule has 0 saturated carbocycles. The number of hydrogen-bond donors (Lipinski definition) is 0. The molecule has 0 unspecified atom stereocenters. The van der Waals surface area contributed by atoms with Crippen LogP contribution in [0, 0.1) is 17.7 Å². The number of halogens is 1. The van der Waals surface area contributed by atoms with E-state index in [-0.39, 0.29) is 17.7 Å². The number of hydrogen-bond acceptors (Lipinski definition) is 4. The predicted molar refractivity (Wildman–Crippen MR) is 61.3 cm³/mol. The molecular weight excluding hydrogens is 239 g/mol. The quantitative estimate of drug-likeness (QED) is 0.590. The second-order valence-electron chi connectivity index (χ2n) is 3.13. The van der Waals surface area contributed by atoms with Gasteiger partial charge in [0.25, 0.3) is 0 Å². The molecule has 1 aromatic carbocycles. The normalized spacial score (nSPS) is 9.06. The van der Waals surface area contributed by atoms with Crippen LogP contribution in [0.5, 0.6) is 0 Å². The lowest BCUT2D eigenvalue weighted by molar-refractivity contribution is -0.136. The molecule has 0 fully saturated rings. The summed E-state index contributed by atoms with van der Waals surface area (Å²) in [6, 6.07) is 4.08. The molecule has 18 heavy (non-hydrogen) atoms. The van der Waals surface area contributed by atoms with Crippen LogP contribution in [0.4, 0.5) is 4.39 Å². The van der Waals surface area contributed by atoms with Crippen LogP contribution in [0.25, 0.3) is 0 Å². The Morgan fingerprint density at radius 3 is 2.72 bits per heavy atom. The minimum atomic E-state index is -0.818. The molecular formula is C13H11FO4. The summed E-state index contributed by atoms with van der Waals surface area (Å²) in [5, 5.41) is 0. The Balaban J connectivity index is 3.04. The highest BCUT2D eigenvalue weighted by Gasteiger charge is 2.14. The van der Waals surface area contributed by atoms with E-state index >= 15 is 0 Å². The van der Waals surface area contributed by atoms with E-state index in [1.54, 1.807) is 6.92 Å².